The zero-order chi connectivity index (χ0) is 17.4. The third-order valence-corrected chi connectivity index (χ3v) is 4.62. The van der Waals surface area contributed by atoms with Crippen LogP contribution in [0.4, 0.5) is 0 Å². The van der Waals surface area contributed by atoms with Crippen LogP contribution in [-0.2, 0) is 25.8 Å². The van der Waals surface area contributed by atoms with Gasteiger partial charge in [-0.25, -0.2) is 9.98 Å². The molecule has 2 heterocycles. The third kappa shape index (κ3) is 5.06. The second-order valence-corrected chi connectivity index (χ2v) is 6.79. The summed E-state index contributed by atoms with van der Waals surface area (Å²) in [5.41, 5.74) is 2.12. The maximum atomic E-state index is 5.40. The van der Waals surface area contributed by atoms with Gasteiger partial charge in [0.25, 0.3) is 0 Å². The first kappa shape index (κ1) is 18.4. The molecule has 7 heteroatoms. The SMILES string of the molecule is CCNC(=NCc1c(CC)noc1CC)NCCc1ncc(C)s1. The molecule has 0 spiro atoms. The molecular formula is C17H27N5OS. The van der Waals surface area contributed by atoms with Gasteiger partial charge in [-0.1, -0.05) is 19.0 Å². The monoisotopic (exact) mass is 349 g/mol. The van der Waals surface area contributed by atoms with Gasteiger partial charge in [-0.3, -0.25) is 0 Å². The lowest BCUT2D eigenvalue weighted by molar-refractivity contribution is 0.380. The van der Waals surface area contributed by atoms with Gasteiger partial charge in [0, 0.05) is 42.6 Å². The molecule has 2 aromatic rings. The fourth-order valence-electron chi connectivity index (χ4n) is 2.42. The maximum absolute atomic E-state index is 5.40. The summed E-state index contributed by atoms with van der Waals surface area (Å²) in [6.45, 7) is 10.5. The third-order valence-electron chi connectivity index (χ3n) is 3.65. The van der Waals surface area contributed by atoms with E-state index >= 15 is 0 Å². The van der Waals surface area contributed by atoms with E-state index in [4.69, 9.17) is 4.52 Å². The van der Waals surface area contributed by atoms with Crippen molar-refractivity contribution in [3.05, 3.63) is 33.1 Å². The molecule has 0 saturated heterocycles. The predicted octanol–water partition coefficient (Wildman–Crippen LogP) is 2.86. The number of aromatic nitrogens is 2. The molecule has 0 aliphatic carbocycles. The average Bonchev–Trinajstić information content (AvgIpc) is 3.17. The van der Waals surface area contributed by atoms with E-state index in [0.29, 0.717) is 6.54 Å². The number of aryl methyl sites for hydroxylation is 3. The van der Waals surface area contributed by atoms with Crippen LogP contribution < -0.4 is 10.6 Å². The van der Waals surface area contributed by atoms with Crippen LogP contribution in [0.3, 0.4) is 0 Å². The molecule has 6 nitrogen and oxygen atoms in total. The van der Waals surface area contributed by atoms with Gasteiger partial charge in [0.05, 0.1) is 17.2 Å². The number of hydrogen-bond donors (Lipinski definition) is 2. The molecule has 0 aliphatic heterocycles. The molecule has 0 unspecified atom stereocenters. The van der Waals surface area contributed by atoms with Crippen LogP contribution in [0.2, 0.25) is 0 Å². The van der Waals surface area contributed by atoms with Crippen LogP contribution in [0.5, 0.6) is 0 Å². The Labute approximate surface area is 147 Å². The summed E-state index contributed by atoms with van der Waals surface area (Å²) < 4.78 is 5.40. The quantitative estimate of drug-likeness (QED) is 0.566. The minimum atomic E-state index is 0.585. The van der Waals surface area contributed by atoms with Crippen molar-refractivity contribution in [1.29, 1.82) is 0 Å². The standard InChI is InChI=1S/C17H27N5OS/c1-5-14-13(15(6-2)23-22-14)11-21-17(18-7-3)19-9-8-16-20-10-12(4)24-16/h10H,5-9,11H2,1-4H3,(H2,18,19,21). The fraction of sp³-hybridized carbons (Fsp3) is 0.588. The number of aliphatic imine (C=N–C) groups is 1. The van der Waals surface area contributed by atoms with Gasteiger partial charge in [0.2, 0.25) is 0 Å². The van der Waals surface area contributed by atoms with Gasteiger partial charge in [0.15, 0.2) is 5.96 Å². The number of thiazole rings is 1. The van der Waals surface area contributed by atoms with E-state index in [1.807, 2.05) is 6.20 Å². The lowest BCUT2D eigenvalue weighted by Gasteiger charge is -2.10. The minimum Gasteiger partial charge on any atom is -0.361 e. The molecular weight excluding hydrogens is 322 g/mol. The lowest BCUT2D eigenvalue weighted by atomic mass is 10.1. The number of hydrogen-bond acceptors (Lipinski definition) is 5. The van der Waals surface area contributed by atoms with E-state index in [2.05, 4.69) is 53.5 Å². The van der Waals surface area contributed by atoms with Crippen molar-refractivity contribution in [1.82, 2.24) is 20.8 Å². The van der Waals surface area contributed by atoms with E-state index in [9.17, 15) is 0 Å². The summed E-state index contributed by atoms with van der Waals surface area (Å²) in [4.78, 5) is 10.3. The van der Waals surface area contributed by atoms with E-state index in [0.717, 1.165) is 60.3 Å². The molecule has 2 aromatic heterocycles. The van der Waals surface area contributed by atoms with E-state index in [1.54, 1.807) is 11.3 Å². The number of rotatable bonds is 8. The molecule has 2 N–H and O–H groups in total. The number of nitrogens with zero attached hydrogens (tertiary/aromatic N) is 3. The molecule has 2 rings (SSSR count). The van der Waals surface area contributed by atoms with Crippen molar-refractivity contribution in [2.24, 2.45) is 4.99 Å². The second-order valence-electron chi connectivity index (χ2n) is 5.47. The molecule has 0 aliphatic rings. The highest BCUT2D eigenvalue weighted by Crippen LogP contribution is 2.16. The Morgan fingerprint density at radius 1 is 1.25 bits per heavy atom. The Bertz CT molecular complexity index is 640. The highest BCUT2D eigenvalue weighted by atomic mass is 32.1. The molecule has 0 bridgehead atoms. The Morgan fingerprint density at radius 2 is 2.08 bits per heavy atom. The molecule has 24 heavy (non-hydrogen) atoms. The van der Waals surface area contributed by atoms with E-state index in [-0.39, 0.29) is 0 Å². The smallest absolute Gasteiger partial charge is 0.191 e. The van der Waals surface area contributed by atoms with Crippen LogP contribution >= 0.6 is 11.3 Å². The topological polar surface area (TPSA) is 75.3 Å². The lowest BCUT2D eigenvalue weighted by Crippen LogP contribution is -2.38. The van der Waals surface area contributed by atoms with Crippen molar-refractivity contribution >= 4 is 17.3 Å². The van der Waals surface area contributed by atoms with Crippen molar-refractivity contribution in [2.45, 2.75) is 53.5 Å². The molecule has 0 atom stereocenters. The highest BCUT2D eigenvalue weighted by Gasteiger charge is 2.13. The van der Waals surface area contributed by atoms with Gasteiger partial charge in [-0.15, -0.1) is 11.3 Å². The van der Waals surface area contributed by atoms with Crippen molar-refractivity contribution in [3.8, 4) is 0 Å². The number of nitrogens with one attached hydrogen (secondary N) is 2. The van der Waals surface area contributed by atoms with Gasteiger partial charge in [0.1, 0.15) is 5.76 Å². The second kappa shape index (κ2) is 9.42. The summed E-state index contributed by atoms with van der Waals surface area (Å²) in [7, 11) is 0. The molecule has 0 amide bonds. The summed E-state index contributed by atoms with van der Waals surface area (Å²) in [6.07, 6.45) is 4.52. The first-order valence-corrected chi connectivity index (χ1v) is 9.39. The molecule has 0 aromatic carbocycles. The van der Waals surface area contributed by atoms with Crippen molar-refractivity contribution < 1.29 is 4.52 Å². The van der Waals surface area contributed by atoms with Gasteiger partial charge < -0.3 is 15.2 Å². The average molecular weight is 350 g/mol. The Balaban J connectivity index is 1.96. The molecule has 0 saturated carbocycles. The first-order chi connectivity index (χ1) is 11.7. The summed E-state index contributed by atoms with van der Waals surface area (Å²) in [5, 5.41) is 11.9. The van der Waals surface area contributed by atoms with Gasteiger partial charge >= 0.3 is 0 Å². The van der Waals surface area contributed by atoms with Crippen LogP contribution in [-0.4, -0.2) is 29.2 Å². The minimum absolute atomic E-state index is 0.585. The highest BCUT2D eigenvalue weighted by molar-refractivity contribution is 7.11. The Morgan fingerprint density at radius 3 is 2.71 bits per heavy atom. The largest absolute Gasteiger partial charge is 0.361 e. The summed E-state index contributed by atoms with van der Waals surface area (Å²) in [5.74, 6) is 1.75. The number of guanidine groups is 1. The van der Waals surface area contributed by atoms with Gasteiger partial charge in [-0.05, 0) is 20.3 Å². The van der Waals surface area contributed by atoms with Crippen molar-refractivity contribution in [2.75, 3.05) is 13.1 Å². The molecule has 0 radical (unpaired) electrons. The summed E-state index contributed by atoms with van der Waals surface area (Å²) >= 11 is 1.74. The fourth-order valence-corrected chi connectivity index (χ4v) is 3.21. The first-order valence-electron chi connectivity index (χ1n) is 8.57. The van der Waals surface area contributed by atoms with Crippen molar-refractivity contribution in [3.63, 3.8) is 0 Å². The maximum Gasteiger partial charge on any atom is 0.191 e. The Kier molecular flexibility index (Phi) is 7.24. The zero-order valence-electron chi connectivity index (χ0n) is 15.0. The Hall–Kier alpha value is -1.89. The van der Waals surface area contributed by atoms with E-state index in [1.165, 1.54) is 4.88 Å². The van der Waals surface area contributed by atoms with Crippen LogP contribution in [0.25, 0.3) is 0 Å². The van der Waals surface area contributed by atoms with E-state index < -0.39 is 0 Å². The molecule has 0 fully saturated rings. The molecule has 132 valence electrons. The normalized spacial score (nSPS) is 11.8. The van der Waals surface area contributed by atoms with Crippen LogP contribution in [0, 0.1) is 6.92 Å². The van der Waals surface area contributed by atoms with Gasteiger partial charge in [-0.2, -0.15) is 0 Å². The predicted molar refractivity (Wildman–Crippen MR) is 98.6 cm³/mol. The summed E-state index contributed by atoms with van der Waals surface area (Å²) in [6, 6.07) is 0. The van der Waals surface area contributed by atoms with Crippen LogP contribution in [0.15, 0.2) is 15.7 Å². The van der Waals surface area contributed by atoms with Crippen LogP contribution in [0.1, 0.15) is 47.7 Å². The zero-order valence-corrected chi connectivity index (χ0v) is 15.8.